The van der Waals surface area contributed by atoms with Crippen molar-refractivity contribution in [3.8, 4) is 0 Å². The highest BCUT2D eigenvalue weighted by atomic mass is 16.3. The Hall–Kier alpha value is -1.39. The number of aliphatic hydroxyl groups is 2. The summed E-state index contributed by atoms with van der Waals surface area (Å²) in [7, 11) is 0. The fourth-order valence-corrected chi connectivity index (χ4v) is 9.33. The number of aliphatic hydroxyl groups excluding tert-OH is 2. The van der Waals surface area contributed by atoms with Crippen molar-refractivity contribution < 1.29 is 15.0 Å². The van der Waals surface area contributed by atoms with Gasteiger partial charge in [-0.15, -0.1) is 0 Å². The van der Waals surface area contributed by atoms with Crippen molar-refractivity contribution >= 4 is 5.91 Å². The summed E-state index contributed by atoms with van der Waals surface area (Å²) in [5, 5.41) is 23.2. The lowest BCUT2D eigenvalue weighted by molar-refractivity contribution is -0.123. The van der Waals surface area contributed by atoms with E-state index in [9.17, 15) is 15.0 Å². The summed E-state index contributed by atoms with van der Waals surface area (Å²) in [6.45, 7) is 4.33. The number of carbonyl (C=O) groups is 1. The third-order valence-electron chi connectivity index (χ3n) is 13.9. The molecule has 0 rings (SSSR count). The second kappa shape index (κ2) is 56.9. The largest absolute Gasteiger partial charge is 0.394 e. The Morgan fingerprint density at radius 1 is 0.354 bits per heavy atom. The number of carbonyl (C=O) groups excluding carboxylic acids is 1. The summed E-state index contributed by atoms with van der Waals surface area (Å²) >= 11 is 0. The van der Waals surface area contributed by atoms with Crippen molar-refractivity contribution in [1.82, 2.24) is 5.32 Å². The quantitative estimate of drug-likeness (QED) is 0.0421. The van der Waals surface area contributed by atoms with Crippen molar-refractivity contribution in [3.63, 3.8) is 0 Å². The highest BCUT2D eigenvalue weighted by Crippen LogP contribution is 2.18. The Balaban J connectivity index is 3.51. The van der Waals surface area contributed by atoms with Crippen LogP contribution in [0.1, 0.15) is 328 Å². The lowest BCUT2D eigenvalue weighted by Gasteiger charge is -2.19. The standard InChI is InChI=1S/C61H117NO3/c1-3-5-7-9-11-13-15-17-19-21-23-25-27-28-29-30-31-32-33-34-35-36-38-40-42-44-46-48-50-52-54-56-60(64)59(58-63)62-61(65)57-55-53-51-49-47-45-43-41-39-37-26-24-22-20-18-16-14-12-10-8-6-4-2/h38,40,46,48,54,56,59-60,63-64H,3-37,39,41-45,47,49-53,55,57-58H2,1-2H3,(H,62,65)/b40-38+,48-46+,56-54+. The highest BCUT2D eigenvalue weighted by molar-refractivity contribution is 5.76. The van der Waals surface area contributed by atoms with Crippen molar-refractivity contribution in [3.05, 3.63) is 36.5 Å². The molecule has 0 aliphatic rings. The molecule has 0 saturated heterocycles. The number of allylic oxidation sites excluding steroid dienone is 5. The first-order chi connectivity index (χ1) is 32.2. The molecule has 0 bridgehead atoms. The average Bonchev–Trinajstić information content (AvgIpc) is 3.31. The summed E-state index contributed by atoms with van der Waals surface area (Å²) in [6, 6.07) is -0.644. The predicted octanol–water partition coefficient (Wildman–Crippen LogP) is 19.6. The molecule has 3 N–H and O–H groups in total. The molecule has 0 aliphatic heterocycles. The first-order valence-electron chi connectivity index (χ1n) is 29.7. The van der Waals surface area contributed by atoms with Crippen LogP contribution >= 0.6 is 0 Å². The lowest BCUT2D eigenvalue weighted by Crippen LogP contribution is -2.45. The summed E-state index contributed by atoms with van der Waals surface area (Å²) in [6.07, 6.45) is 77.6. The number of nitrogens with one attached hydrogen (secondary N) is 1. The molecule has 0 heterocycles. The molecular formula is C61H117NO3. The zero-order chi connectivity index (χ0) is 47.0. The van der Waals surface area contributed by atoms with Gasteiger partial charge >= 0.3 is 0 Å². The first kappa shape index (κ1) is 63.6. The second-order valence-corrected chi connectivity index (χ2v) is 20.4. The minimum atomic E-state index is -0.869. The molecule has 0 fully saturated rings. The van der Waals surface area contributed by atoms with Gasteiger partial charge in [-0.05, 0) is 44.9 Å². The minimum absolute atomic E-state index is 0.0717. The zero-order valence-corrected chi connectivity index (χ0v) is 44.3. The maximum Gasteiger partial charge on any atom is 0.220 e. The third-order valence-corrected chi connectivity index (χ3v) is 13.9. The fourth-order valence-electron chi connectivity index (χ4n) is 9.33. The molecule has 0 aromatic heterocycles. The van der Waals surface area contributed by atoms with Gasteiger partial charge in [0.15, 0.2) is 0 Å². The van der Waals surface area contributed by atoms with Gasteiger partial charge in [0.05, 0.1) is 18.8 Å². The van der Waals surface area contributed by atoms with Crippen molar-refractivity contribution in [2.45, 2.75) is 341 Å². The molecule has 0 saturated carbocycles. The Morgan fingerprint density at radius 3 is 0.892 bits per heavy atom. The number of hydrogen-bond donors (Lipinski definition) is 3. The van der Waals surface area contributed by atoms with E-state index in [-0.39, 0.29) is 12.5 Å². The maximum absolute atomic E-state index is 12.5. The van der Waals surface area contributed by atoms with E-state index in [0.29, 0.717) is 6.42 Å². The summed E-state index contributed by atoms with van der Waals surface area (Å²) in [4.78, 5) is 12.5. The van der Waals surface area contributed by atoms with Gasteiger partial charge < -0.3 is 15.5 Å². The molecule has 0 aliphatic carbocycles. The van der Waals surface area contributed by atoms with Gasteiger partial charge in [0.25, 0.3) is 0 Å². The number of hydrogen-bond acceptors (Lipinski definition) is 3. The molecular weight excluding hydrogens is 795 g/mol. The van der Waals surface area contributed by atoms with E-state index in [4.69, 9.17) is 0 Å². The van der Waals surface area contributed by atoms with Crippen LogP contribution in [-0.4, -0.2) is 34.9 Å². The summed E-state index contributed by atoms with van der Waals surface area (Å²) in [5.74, 6) is -0.0717. The van der Waals surface area contributed by atoms with E-state index >= 15 is 0 Å². The molecule has 0 aromatic rings. The van der Waals surface area contributed by atoms with Gasteiger partial charge in [0.2, 0.25) is 5.91 Å². The molecule has 4 nitrogen and oxygen atoms in total. The van der Waals surface area contributed by atoms with Gasteiger partial charge in [0, 0.05) is 6.42 Å². The first-order valence-corrected chi connectivity index (χ1v) is 29.7. The van der Waals surface area contributed by atoms with Gasteiger partial charge in [-0.2, -0.15) is 0 Å². The maximum atomic E-state index is 12.5. The van der Waals surface area contributed by atoms with Crippen LogP contribution in [0.4, 0.5) is 0 Å². The monoisotopic (exact) mass is 912 g/mol. The van der Waals surface area contributed by atoms with Crippen molar-refractivity contribution in [1.29, 1.82) is 0 Å². The van der Waals surface area contributed by atoms with E-state index in [1.165, 1.54) is 270 Å². The van der Waals surface area contributed by atoms with E-state index < -0.39 is 12.1 Å². The number of unbranched alkanes of at least 4 members (excludes halogenated alkanes) is 44. The Bertz CT molecular complexity index is 989. The zero-order valence-electron chi connectivity index (χ0n) is 44.3. The van der Waals surface area contributed by atoms with Crippen LogP contribution in [0.15, 0.2) is 36.5 Å². The normalized spacial score (nSPS) is 13.0. The molecule has 0 spiro atoms. The van der Waals surface area contributed by atoms with Crippen LogP contribution in [0.25, 0.3) is 0 Å². The van der Waals surface area contributed by atoms with Crippen LogP contribution < -0.4 is 5.32 Å². The van der Waals surface area contributed by atoms with Gasteiger partial charge in [-0.1, -0.05) is 314 Å². The van der Waals surface area contributed by atoms with Crippen LogP contribution in [0.2, 0.25) is 0 Å². The molecule has 0 aromatic carbocycles. The average molecular weight is 913 g/mol. The SMILES string of the molecule is CCCCCCCCCCCCCCCCCCCCCCC/C=C/CC/C=C/CC/C=C/C(O)C(CO)NC(=O)CCCCCCCCCCCCCCCCCCCCCCCC. The number of rotatable bonds is 55. The van der Waals surface area contributed by atoms with Crippen molar-refractivity contribution in [2.24, 2.45) is 0 Å². The Morgan fingerprint density at radius 2 is 0.600 bits per heavy atom. The van der Waals surface area contributed by atoms with Crippen LogP contribution in [0, 0.1) is 0 Å². The fraction of sp³-hybridized carbons (Fsp3) is 0.885. The topological polar surface area (TPSA) is 69.6 Å². The lowest BCUT2D eigenvalue weighted by atomic mass is 10.0. The molecule has 65 heavy (non-hydrogen) atoms. The van der Waals surface area contributed by atoms with E-state index in [1.807, 2.05) is 6.08 Å². The van der Waals surface area contributed by atoms with Gasteiger partial charge in [-0.3, -0.25) is 4.79 Å². The molecule has 4 heteroatoms. The molecule has 2 unspecified atom stereocenters. The molecule has 0 radical (unpaired) electrons. The van der Waals surface area contributed by atoms with E-state index in [2.05, 4.69) is 43.5 Å². The molecule has 1 amide bonds. The summed E-state index contributed by atoms with van der Waals surface area (Å²) < 4.78 is 0. The Kier molecular flexibility index (Phi) is 55.7. The van der Waals surface area contributed by atoms with E-state index in [0.717, 1.165) is 38.5 Å². The summed E-state index contributed by atoms with van der Waals surface area (Å²) in [5.41, 5.74) is 0. The third kappa shape index (κ3) is 53.4. The number of amides is 1. The van der Waals surface area contributed by atoms with E-state index in [1.54, 1.807) is 6.08 Å². The van der Waals surface area contributed by atoms with Gasteiger partial charge in [-0.25, -0.2) is 0 Å². The van der Waals surface area contributed by atoms with Crippen LogP contribution in [0.5, 0.6) is 0 Å². The van der Waals surface area contributed by atoms with Crippen LogP contribution in [-0.2, 0) is 4.79 Å². The second-order valence-electron chi connectivity index (χ2n) is 20.4. The smallest absolute Gasteiger partial charge is 0.220 e. The highest BCUT2D eigenvalue weighted by Gasteiger charge is 2.18. The van der Waals surface area contributed by atoms with Crippen molar-refractivity contribution in [2.75, 3.05) is 6.61 Å². The minimum Gasteiger partial charge on any atom is -0.394 e. The predicted molar refractivity (Wildman–Crippen MR) is 290 cm³/mol. The molecule has 384 valence electrons. The Labute approximate surface area is 408 Å². The van der Waals surface area contributed by atoms with Gasteiger partial charge in [0.1, 0.15) is 0 Å². The molecule has 2 atom stereocenters. The van der Waals surface area contributed by atoms with Crippen LogP contribution in [0.3, 0.4) is 0 Å².